The van der Waals surface area contributed by atoms with Crippen LogP contribution in [0.4, 0.5) is 0 Å². The first kappa shape index (κ1) is 8.48. The summed E-state index contributed by atoms with van der Waals surface area (Å²) in [5.41, 5.74) is 1.17. The smallest absolute Gasteiger partial charge is 0.0348 e. The van der Waals surface area contributed by atoms with Gasteiger partial charge in [-0.05, 0) is 33.1 Å². The largest absolute Gasteiger partial charge is 0.100 e. The van der Waals surface area contributed by atoms with E-state index in [-0.39, 0.29) is 0 Å². The molecule has 52 valence electrons. The van der Waals surface area contributed by atoms with Crippen LogP contribution in [0.5, 0.6) is 0 Å². The summed E-state index contributed by atoms with van der Waals surface area (Å²) in [6, 6.07) is 0. The molecule has 0 fully saturated rings. The molecule has 9 heavy (non-hydrogen) atoms. The van der Waals surface area contributed by atoms with Crippen LogP contribution in [0.1, 0.15) is 33.1 Å². The SMILES string of the molecule is C1=CCCC1.C=C(C)C. The van der Waals surface area contributed by atoms with Gasteiger partial charge < -0.3 is 0 Å². The van der Waals surface area contributed by atoms with Crippen LogP contribution in [-0.2, 0) is 0 Å². The van der Waals surface area contributed by atoms with Gasteiger partial charge in [-0.2, -0.15) is 0 Å². The Labute approximate surface area is 58.3 Å². The summed E-state index contributed by atoms with van der Waals surface area (Å²) in [4.78, 5) is 0. The molecule has 0 aromatic heterocycles. The van der Waals surface area contributed by atoms with Gasteiger partial charge in [0.2, 0.25) is 0 Å². The van der Waals surface area contributed by atoms with Gasteiger partial charge in [-0.15, -0.1) is 6.58 Å². The van der Waals surface area contributed by atoms with Crippen molar-refractivity contribution < 1.29 is 0 Å². The molecule has 0 unspecified atom stereocenters. The van der Waals surface area contributed by atoms with E-state index in [9.17, 15) is 0 Å². The van der Waals surface area contributed by atoms with E-state index in [1.165, 1.54) is 24.8 Å². The average Bonchev–Trinajstić information content (AvgIpc) is 2.11. The molecule has 1 aliphatic rings. The van der Waals surface area contributed by atoms with Gasteiger partial charge >= 0.3 is 0 Å². The van der Waals surface area contributed by atoms with Gasteiger partial charge in [-0.3, -0.25) is 0 Å². The lowest BCUT2D eigenvalue weighted by Gasteiger charge is -1.69. The van der Waals surface area contributed by atoms with E-state index in [2.05, 4.69) is 18.7 Å². The second-order valence-electron chi connectivity index (χ2n) is 2.61. The molecule has 0 bridgehead atoms. The Morgan fingerprint density at radius 1 is 1.22 bits per heavy atom. The van der Waals surface area contributed by atoms with Crippen LogP contribution in [0, 0.1) is 0 Å². The molecule has 0 atom stereocenters. The van der Waals surface area contributed by atoms with Crippen molar-refractivity contribution in [1.29, 1.82) is 0 Å². The molecule has 0 saturated heterocycles. The van der Waals surface area contributed by atoms with Crippen LogP contribution in [0.15, 0.2) is 24.3 Å². The third-order valence-electron chi connectivity index (χ3n) is 0.908. The molecule has 1 aliphatic carbocycles. The van der Waals surface area contributed by atoms with E-state index < -0.39 is 0 Å². The second-order valence-corrected chi connectivity index (χ2v) is 2.61. The molecule has 0 spiro atoms. The molecular weight excluding hydrogens is 108 g/mol. The van der Waals surface area contributed by atoms with Gasteiger partial charge in [0.15, 0.2) is 0 Å². The molecule has 0 heteroatoms. The van der Waals surface area contributed by atoms with Gasteiger partial charge in [-0.1, -0.05) is 17.7 Å². The maximum Gasteiger partial charge on any atom is -0.0348 e. The summed E-state index contributed by atoms with van der Waals surface area (Å²) in [7, 11) is 0. The highest BCUT2D eigenvalue weighted by atomic mass is 13.9. The zero-order valence-corrected chi connectivity index (χ0v) is 6.48. The minimum atomic E-state index is 1.17. The summed E-state index contributed by atoms with van der Waals surface area (Å²) in [6.07, 6.45) is 8.50. The van der Waals surface area contributed by atoms with Crippen molar-refractivity contribution in [2.24, 2.45) is 0 Å². The Balaban J connectivity index is 0.000000148. The summed E-state index contributed by atoms with van der Waals surface area (Å²) in [5.74, 6) is 0. The van der Waals surface area contributed by atoms with Gasteiger partial charge in [0.1, 0.15) is 0 Å². The molecule has 0 aromatic rings. The van der Waals surface area contributed by atoms with E-state index >= 15 is 0 Å². The second kappa shape index (κ2) is 5.61. The first-order valence-corrected chi connectivity index (χ1v) is 3.50. The topological polar surface area (TPSA) is 0 Å². The van der Waals surface area contributed by atoms with Crippen LogP contribution < -0.4 is 0 Å². The van der Waals surface area contributed by atoms with Crippen molar-refractivity contribution in [2.75, 3.05) is 0 Å². The maximum absolute atomic E-state index is 3.56. The molecule has 0 N–H and O–H groups in total. The van der Waals surface area contributed by atoms with E-state index in [0.29, 0.717) is 0 Å². The first-order chi connectivity index (χ1) is 4.23. The predicted octanol–water partition coefficient (Wildman–Crippen LogP) is 3.31. The lowest BCUT2D eigenvalue weighted by Crippen LogP contribution is -1.50. The van der Waals surface area contributed by atoms with Crippen molar-refractivity contribution in [3.63, 3.8) is 0 Å². The minimum absolute atomic E-state index is 1.17. The number of rotatable bonds is 0. The molecule has 0 saturated carbocycles. The number of hydrogen-bond donors (Lipinski definition) is 0. The molecule has 0 nitrogen and oxygen atoms in total. The normalized spacial score (nSPS) is 14.4. The molecule has 0 aliphatic heterocycles. The highest BCUT2D eigenvalue weighted by Crippen LogP contribution is 2.05. The third kappa shape index (κ3) is 11.2. The van der Waals surface area contributed by atoms with Gasteiger partial charge in [0, 0.05) is 0 Å². The predicted molar refractivity (Wildman–Crippen MR) is 43.5 cm³/mol. The molecule has 0 amide bonds. The Kier molecular flexibility index (Phi) is 5.29. The number of allylic oxidation sites excluding steroid dienone is 3. The number of hydrogen-bond acceptors (Lipinski definition) is 0. The summed E-state index contributed by atoms with van der Waals surface area (Å²) >= 11 is 0. The van der Waals surface area contributed by atoms with E-state index in [0.717, 1.165) is 0 Å². The fourth-order valence-corrected chi connectivity index (χ4v) is 0.589. The Hall–Kier alpha value is -0.520. The van der Waals surface area contributed by atoms with Crippen molar-refractivity contribution in [3.05, 3.63) is 24.3 Å². The van der Waals surface area contributed by atoms with Crippen molar-refractivity contribution in [2.45, 2.75) is 33.1 Å². The standard InChI is InChI=1S/C5H8.C4H8/c1-2-4-5-3-1;1-4(2)3/h1-2H,3-5H2;1H2,2-3H3. The summed E-state index contributed by atoms with van der Waals surface area (Å²) in [5, 5.41) is 0. The van der Waals surface area contributed by atoms with Crippen LogP contribution in [0.25, 0.3) is 0 Å². The molecule has 0 radical (unpaired) electrons. The van der Waals surface area contributed by atoms with E-state index in [1.54, 1.807) is 0 Å². The highest BCUT2D eigenvalue weighted by molar-refractivity contribution is 4.88. The minimum Gasteiger partial charge on any atom is -0.100 e. The molecule has 0 aromatic carbocycles. The van der Waals surface area contributed by atoms with Crippen LogP contribution >= 0.6 is 0 Å². The van der Waals surface area contributed by atoms with Crippen molar-refractivity contribution in [3.8, 4) is 0 Å². The Morgan fingerprint density at radius 3 is 1.67 bits per heavy atom. The lowest BCUT2D eigenvalue weighted by atomic mass is 10.4. The quantitative estimate of drug-likeness (QED) is 0.434. The molecule has 1 rings (SSSR count). The Morgan fingerprint density at radius 2 is 1.56 bits per heavy atom. The summed E-state index contributed by atoms with van der Waals surface area (Å²) < 4.78 is 0. The monoisotopic (exact) mass is 124 g/mol. The zero-order chi connectivity index (χ0) is 7.11. The highest BCUT2D eigenvalue weighted by Gasteiger charge is 1.84. The first-order valence-electron chi connectivity index (χ1n) is 3.50. The fourth-order valence-electron chi connectivity index (χ4n) is 0.589. The van der Waals surface area contributed by atoms with Gasteiger partial charge in [0.25, 0.3) is 0 Å². The van der Waals surface area contributed by atoms with E-state index in [4.69, 9.17) is 0 Å². The van der Waals surface area contributed by atoms with Gasteiger partial charge in [-0.25, -0.2) is 0 Å². The van der Waals surface area contributed by atoms with Crippen LogP contribution in [0.2, 0.25) is 0 Å². The summed E-state index contributed by atoms with van der Waals surface area (Å²) in [6.45, 7) is 7.50. The van der Waals surface area contributed by atoms with Crippen LogP contribution in [-0.4, -0.2) is 0 Å². The average molecular weight is 124 g/mol. The lowest BCUT2D eigenvalue weighted by molar-refractivity contribution is 0.929. The maximum atomic E-state index is 3.56. The molecule has 0 heterocycles. The van der Waals surface area contributed by atoms with Gasteiger partial charge in [0.05, 0.1) is 0 Å². The van der Waals surface area contributed by atoms with Crippen molar-refractivity contribution >= 4 is 0 Å². The van der Waals surface area contributed by atoms with Crippen LogP contribution in [0.3, 0.4) is 0 Å². The molecular formula is C9H16. The zero-order valence-electron chi connectivity index (χ0n) is 6.48. The fraction of sp³-hybridized carbons (Fsp3) is 0.556. The van der Waals surface area contributed by atoms with Crippen molar-refractivity contribution in [1.82, 2.24) is 0 Å². The third-order valence-corrected chi connectivity index (χ3v) is 0.908. The van der Waals surface area contributed by atoms with E-state index in [1.807, 2.05) is 13.8 Å². The Bertz CT molecular complexity index is 88.6.